The van der Waals surface area contributed by atoms with Gasteiger partial charge in [0.15, 0.2) is 12.1 Å². The van der Waals surface area contributed by atoms with Crippen LogP contribution in [0.15, 0.2) is 59.2 Å². The number of benzene rings is 1. The summed E-state index contributed by atoms with van der Waals surface area (Å²) in [6, 6.07) is 6.64. The fraction of sp³-hybridized carbons (Fsp3) is 0.125. The summed E-state index contributed by atoms with van der Waals surface area (Å²) in [6.45, 7) is 7.11. The van der Waals surface area contributed by atoms with Gasteiger partial charge in [0, 0.05) is 21.7 Å². The highest BCUT2D eigenvalue weighted by molar-refractivity contribution is 6.33. The minimum atomic E-state index is -0.267. The number of hydrogen-bond donors (Lipinski definition) is 0. The van der Waals surface area contributed by atoms with Crippen LogP contribution >= 0.6 is 11.6 Å². The molecule has 0 amide bonds. The molecule has 3 heteroatoms. The standard InChI is InChI=1S/C16H15ClO2/c1-4-11(2)9-15(12(3)17)16(19)14-8-6-5-7-13(14)10-18/h4-10H,1H2,2-3H3/b11-9+,15-12+. The Bertz CT molecular complexity index is 576. The van der Waals surface area contributed by atoms with Gasteiger partial charge in [0.1, 0.15) is 0 Å². The highest BCUT2D eigenvalue weighted by atomic mass is 35.5. The fourth-order valence-electron chi connectivity index (χ4n) is 1.56. The molecule has 2 nitrogen and oxygen atoms in total. The molecule has 0 aliphatic carbocycles. The van der Waals surface area contributed by atoms with Crippen LogP contribution in [0.4, 0.5) is 0 Å². The Balaban J connectivity index is 3.34. The summed E-state index contributed by atoms with van der Waals surface area (Å²) in [7, 11) is 0. The fourth-order valence-corrected chi connectivity index (χ4v) is 1.70. The van der Waals surface area contributed by atoms with Crippen molar-refractivity contribution in [1.29, 1.82) is 0 Å². The van der Waals surface area contributed by atoms with Crippen LogP contribution in [0.25, 0.3) is 0 Å². The van der Waals surface area contributed by atoms with Crippen LogP contribution in [0.3, 0.4) is 0 Å². The van der Waals surface area contributed by atoms with E-state index in [9.17, 15) is 9.59 Å². The number of rotatable bonds is 5. The van der Waals surface area contributed by atoms with Gasteiger partial charge in [-0.1, -0.05) is 54.1 Å². The summed E-state index contributed by atoms with van der Waals surface area (Å²) >= 11 is 5.98. The Morgan fingerprint density at radius 2 is 1.89 bits per heavy atom. The Kier molecular flexibility index (Phi) is 5.46. The average Bonchev–Trinajstić information content (AvgIpc) is 2.43. The summed E-state index contributed by atoms with van der Waals surface area (Å²) in [5.41, 5.74) is 1.90. The van der Waals surface area contributed by atoms with Crippen molar-refractivity contribution < 1.29 is 9.59 Å². The molecule has 0 bridgehead atoms. The molecule has 1 aromatic rings. The molecule has 0 spiro atoms. The van der Waals surface area contributed by atoms with Gasteiger partial charge in [-0.05, 0) is 19.9 Å². The van der Waals surface area contributed by atoms with E-state index >= 15 is 0 Å². The van der Waals surface area contributed by atoms with Gasteiger partial charge in [0.05, 0.1) is 0 Å². The molecular weight excluding hydrogens is 260 g/mol. The molecule has 0 saturated carbocycles. The molecule has 0 saturated heterocycles. The van der Waals surface area contributed by atoms with E-state index in [4.69, 9.17) is 11.6 Å². The third kappa shape index (κ3) is 3.76. The van der Waals surface area contributed by atoms with Crippen molar-refractivity contribution in [2.24, 2.45) is 0 Å². The summed E-state index contributed by atoms with van der Waals surface area (Å²) in [5.74, 6) is -0.267. The van der Waals surface area contributed by atoms with Crippen LogP contribution in [0, 0.1) is 0 Å². The van der Waals surface area contributed by atoms with Gasteiger partial charge in [-0.15, -0.1) is 0 Å². The first kappa shape index (κ1) is 15.1. The molecular formula is C16H15ClO2. The predicted molar refractivity (Wildman–Crippen MR) is 78.7 cm³/mol. The summed E-state index contributed by atoms with van der Waals surface area (Å²) < 4.78 is 0. The van der Waals surface area contributed by atoms with Crippen LogP contribution in [0.1, 0.15) is 34.6 Å². The maximum Gasteiger partial charge on any atom is 0.194 e. The van der Waals surface area contributed by atoms with Crippen LogP contribution in [-0.4, -0.2) is 12.1 Å². The van der Waals surface area contributed by atoms with Gasteiger partial charge in [0.25, 0.3) is 0 Å². The minimum absolute atomic E-state index is 0.267. The van der Waals surface area contributed by atoms with Crippen molar-refractivity contribution in [3.05, 3.63) is 70.3 Å². The van der Waals surface area contributed by atoms with Crippen molar-refractivity contribution >= 4 is 23.7 Å². The van der Waals surface area contributed by atoms with Crippen molar-refractivity contribution in [3.8, 4) is 0 Å². The van der Waals surface area contributed by atoms with Crippen LogP contribution in [0.5, 0.6) is 0 Å². The largest absolute Gasteiger partial charge is 0.298 e. The van der Waals surface area contributed by atoms with Crippen molar-refractivity contribution in [3.63, 3.8) is 0 Å². The number of aldehydes is 1. The maximum atomic E-state index is 12.4. The number of ketones is 1. The topological polar surface area (TPSA) is 34.1 Å². The Labute approximate surface area is 118 Å². The quantitative estimate of drug-likeness (QED) is 0.347. The average molecular weight is 275 g/mol. The van der Waals surface area contributed by atoms with E-state index in [1.807, 2.05) is 6.92 Å². The van der Waals surface area contributed by atoms with Crippen molar-refractivity contribution in [2.45, 2.75) is 13.8 Å². The lowest BCUT2D eigenvalue weighted by Crippen LogP contribution is -2.06. The minimum Gasteiger partial charge on any atom is -0.298 e. The second-order valence-electron chi connectivity index (χ2n) is 4.07. The number of allylic oxidation sites excluding steroid dienone is 5. The van der Waals surface area contributed by atoms with Crippen LogP contribution in [-0.2, 0) is 0 Å². The number of halogens is 1. The molecule has 0 aromatic heterocycles. The highest BCUT2D eigenvalue weighted by Gasteiger charge is 2.15. The summed E-state index contributed by atoms with van der Waals surface area (Å²) in [6.07, 6.45) is 3.97. The maximum absolute atomic E-state index is 12.4. The van der Waals surface area contributed by atoms with E-state index in [0.29, 0.717) is 28.0 Å². The number of carbonyl (C=O) groups excluding carboxylic acids is 2. The third-order valence-electron chi connectivity index (χ3n) is 2.64. The molecule has 0 aliphatic heterocycles. The first-order chi connectivity index (χ1) is 9.01. The zero-order valence-corrected chi connectivity index (χ0v) is 11.7. The first-order valence-corrected chi connectivity index (χ1v) is 6.15. The van der Waals surface area contributed by atoms with Gasteiger partial charge in [-0.2, -0.15) is 0 Å². The van der Waals surface area contributed by atoms with Gasteiger partial charge in [-0.3, -0.25) is 9.59 Å². The Morgan fingerprint density at radius 1 is 1.26 bits per heavy atom. The van der Waals surface area contributed by atoms with E-state index in [2.05, 4.69) is 6.58 Å². The molecule has 19 heavy (non-hydrogen) atoms. The Hall–Kier alpha value is -1.93. The molecule has 0 aliphatic rings. The highest BCUT2D eigenvalue weighted by Crippen LogP contribution is 2.20. The van der Waals surface area contributed by atoms with E-state index in [1.165, 1.54) is 0 Å². The number of hydrogen-bond acceptors (Lipinski definition) is 2. The molecule has 1 rings (SSSR count). The molecule has 0 unspecified atom stereocenters. The predicted octanol–water partition coefficient (Wildman–Crippen LogP) is 4.33. The molecule has 0 radical (unpaired) electrons. The molecule has 0 fully saturated rings. The third-order valence-corrected chi connectivity index (χ3v) is 2.85. The molecule has 0 atom stereocenters. The molecule has 98 valence electrons. The van der Waals surface area contributed by atoms with Crippen molar-refractivity contribution in [1.82, 2.24) is 0 Å². The van der Waals surface area contributed by atoms with Gasteiger partial charge >= 0.3 is 0 Å². The molecule has 0 heterocycles. The SMILES string of the molecule is C=C/C(C)=C/C(C(=O)c1ccccc1C=O)=C(/C)Cl. The summed E-state index contributed by atoms with van der Waals surface area (Å²) in [4.78, 5) is 23.4. The van der Waals surface area contributed by atoms with Crippen molar-refractivity contribution in [2.75, 3.05) is 0 Å². The monoisotopic (exact) mass is 274 g/mol. The smallest absolute Gasteiger partial charge is 0.194 e. The summed E-state index contributed by atoms with van der Waals surface area (Å²) in [5, 5.41) is 0.381. The van der Waals surface area contributed by atoms with Crippen LogP contribution < -0.4 is 0 Å². The zero-order valence-electron chi connectivity index (χ0n) is 10.9. The molecule has 1 aromatic carbocycles. The normalized spacial score (nSPS) is 12.7. The van der Waals surface area contributed by atoms with E-state index < -0.39 is 0 Å². The van der Waals surface area contributed by atoms with Gasteiger partial charge < -0.3 is 0 Å². The lowest BCUT2D eigenvalue weighted by Gasteiger charge is -2.06. The van der Waals surface area contributed by atoms with E-state index in [1.54, 1.807) is 43.3 Å². The van der Waals surface area contributed by atoms with Gasteiger partial charge in [0.2, 0.25) is 0 Å². The number of carbonyl (C=O) groups is 2. The lowest BCUT2D eigenvalue weighted by molar-refractivity contribution is 0.102. The zero-order chi connectivity index (χ0) is 14.4. The lowest BCUT2D eigenvalue weighted by atomic mass is 9.97. The van der Waals surface area contributed by atoms with E-state index in [-0.39, 0.29) is 5.78 Å². The molecule has 0 N–H and O–H groups in total. The Morgan fingerprint density at radius 3 is 2.42 bits per heavy atom. The van der Waals surface area contributed by atoms with E-state index in [0.717, 1.165) is 5.57 Å². The number of Topliss-reactive ketones (excluding diaryl/α,β-unsaturated/α-hetero) is 1. The van der Waals surface area contributed by atoms with Gasteiger partial charge in [-0.25, -0.2) is 0 Å². The first-order valence-electron chi connectivity index (χ1n) is 5.77. The second kappa shape index (κ2) is 6.86. The second-order valence-corrected chi connectivity index (χ2v) is 4.64. The van der Waals surface area contributed by atoms with Crippen LogP contribution in [0.2, 0.25) is 0 Å².